The molecule has 0 radical (unpaired) electrons. The Morgan fingerprint density at radius 1 is 1.19 bits per heavy atom. The number of ether oxygens (including phenoxy) is 1. The van der Waals surface area contributed by atoms with Crippen LogP contribution in [-0.2, 0) is 6.54 Å². The number of pyridine rings is 2. The first-order chi connectivity index (χ1) is 14.9. The van der Waals surface area contributed by atoms with Crippen LogP contribution in [0.25, 0.3) is 33.2 Å². The number of fused-ring (bicyclic) bond motifs is 3. The Labute approximate surface area is 188 Å². The van der Waals surface area contributed by atoms with Gasteiger partial charge in [-0.05, 0) is 26.0 Å². The Morgan fingerprint density at radius 3 is 2.65 bits per heavy atom. The van der Waals surface area contributed by atoms with Crippen LogP contribution in [-0.4, -0.2) is 39.1 Å². The van der Waals surface area contributed by atoms with Crippen LogP contribution < -0.4 is 15.8 Å². The summed E-state index contributed by atoms with van der Waals surface area (Å²) in [6.07, 6.45) is 3.17. The standard InChI is InChI=1S/C21H20Cl2N6O2/c1-4-25-21(30)12-7-13(31-3)16(23)14(15(12)22)11-6-10-8-26-20-17(27-9-28-20)18(10)29(5-2)19(11)24/h6-9H,4-5,24H2,1-3H3,(H,25,30). The van der Waals surface area contributed by atoms with Crippen LogP contribution in [0, 0.1) is 0 Å². The number of nitrogens with two attached hydrogens (primary N) is 1. The SMILES string of the molecule is CCNC(=O)c1cc(OC)c(Cl)c(-c2cc3cnc4ncnc4c3n(CC)c2N)c1Cl. The molecule has 160 valence electrons. The highest BCUT2D eigenvalue weighted by molar-refractivity contribution is 6.42. The fraction of sp³-hybridized carbons (Fsp3) is 0.238. The first-order valence-electron chi connectivity index (χ1n) is 9.65. The summed E-state index contributed by atoms with van der Waals surface area (Å²) >= 11 is 13.4. The van der Waals surface area contributed by atoms with Crippen LogP contribution in [0.15, 0.2) is 24.7 Å². The van der Waals surface area contributed by atoms with Crippen LogP contribution in [0.3, 0.4) is 0 Å². The summed E-state index contributed by atoms with van der Waals surface area (Å²) in [6, 6.07) is 3.36. The Kier molecular flexibility index (Phi) is 5.60. The van der Waals surface area contributed by atoms with Crippen molar-refractivity contribution < 1.29 is 9.53 Å². The average Bonchev–Trinajstić information content (AvgIpc) is 3.23. The van der Waals surface area contributed by atoms with E-state index in [4.69, 9.17) is 33.7 Å². The number of halogens is 2. The van der Waals surface area contributed by atoms with E-state index in [-0.39, 0.29) is 21.5 Å². The molecular formula is C21H20Cl2N6O2. The maximum Gasteiger partial charge on any atom is 0.252 e. The molecule has 0 fully saturated rings. The minimum atomic E-state index is -0.332. The van der Waals surface area contributed by atoms with Crippen LogP contribution in [0.5, 0.6) is 5.75 Å². The predicted molar refractivity (Wildman–Crippen MR) is 123 cm³/mol. The number of carbonyl (C=O) groups excluding carboxylic acids is 1. The summed E-state index contributed by atoms with van der Waals surface area (Å²) in [5, 5.41) is 3.99. The summed E-state index contributed by atoms with van der Waals surface area (Å²) in [4.78, 5) is 25.5. The number of rotatable bonds is 5. The number of anilines is 1. The van der Waals surface area contributed by atoms with Crippen molar-refractivity contribution in [2.45, 2.75) is 20.4 Å². The minimum Gasteiger partial charge on any atom is -0.495 e. The zero-order chi connectivity index (χ0) is 22.3. The Balaban J connectivity index is 2.09. The first-order valence-corrected chi connectivity index (χ1v) is 10.4. The molecule has 0 atom stereocenters. The Hall–Kier alpha value is -3.10. The number of aromatic nitrogens is 4. The third-order valence-electron chi connectivity index (χ3n) is 5.09. The van der Waals surface area contributed by atoms with Crippen LogP contribution in [0.1, 0.15) is 24.2 Å². The Bertz CT molecular complexity index is 1340. The highest BCUT2D eigenvalue weighted by atomic mass is 35.5. The molecule has 3 N–H and O–H groups in total. The largest absolute Gasteiger partial charge is 0.495 e. The van der Waals surface area contributed by atoms with Crippen molar-refractivity contribution >= 4 is 57.0 Å². The molecule has 31 heavy (non-hydrogen) atoms. The van der Waals surface area contributed by atoms with Crippen molar-refractivity contribution in [3.8, 4) is 16.9 Å². The zero-order valence-electron chi connectivity index (χ0n) is 17.2. The lowest BCUT2D eigenvalue weighted by atomic mass is 10.00. The maximum absolute atomic E-state index is 12.6. The molecule has 0 unspecified atom stereocenters. The number of nitrogens with one attached hydrogen (secondary N) is 1. The van der Waals surface area contributed by atoms with E-state index in [0.29, 0.717) is 46.9 Å². The second-order valence-electron chi connectivity index (χ2n) is 6.78. The van der Waals surface area contributed by atoms with Gasteiger partial charge in [-0.3, -0.25) is 4.79 Å². The number of aryl methyl sites for hydroxylation is 1. The summed E-state index contributed by atoms with van der Waals surface area (Å²) in [5.74, 6) is 0.409. The number of nitrogen functional groups attached to an aromatic ring is 1. The lowest BCUT2D eigenvalue weighted by Crippen LogP contribution is -2.23. The molecule has 1 amide bonds. The summed E-state index contributed by atoms with van der Waals surface area (Å²) in [6.45, 7) is 4.80. The van der Waals surface area contributed by atoms with Gasteiger partial charge in [0.25, 0.3) is 5.91 Å². The second kappa shape index (κ2) is 8.20. The zero-order valence-corrected chi connectivity index (χ0v) is 18.7. The van der Waals surface area contributed by atoms with Crippen LogP contribution in [0.2, 0.25) is 10.0 Å². The molecule has 0 aliphatic heterocycles. The van der Waals surface area contributed by atoms with Gasteiger partial charge < -0.3 is 20.4 Å². The molecule has 0 aliphatic rings. The molecular weight excluding hydrogens is 439 g/mol. The molecule has 10 heteroatoms. The number of hydrogen-bond acceptors (Lipinski definition) is 6. The predicted octanol–water partition coefficient (Wildman–Crippen LogP) is 4.31. The molecule has 3 heterocycles. The molecule has 8 nitrogen and oxygen atoms in total. The third kappa shape index (κ3) is 3.32. The van der Waals surface area contributed by atoms with Gasteiger partial charge in [0.1, 0.15) is 23.4 Å². The van der Waals surface area contributed by atoms with Gasteiger partial charge in [0.15, 0.2) is 5.65 Å². The molecule has 4 aromatic rings. The number of methoxy groups -OCH3 is 1. The smallest absolute Gasteiger partial charge is 0.252 e. The van der Waals surface area contributed by atoms with Crippen LogP contribution in [0.4, 0.5) is 5.82 Å². The van der Waals surface area contributed by atoms with E-state index in [9.17, 15) is 4.79 Å². The molecule has 0 saturated heterocycles. The van der Waals surface area contributed by atoms with Crippen molar-refractivity contribution in [1.29, 1.82) is 0 Å². The van der Waals surface area contributed by atoms with Crippen LogP contribution >= 0.6 is 23.2 Å². The van der Waals surface area contributed by atoms with Gasteiger partial charge in [0.2, 0.25) is 0 Å². The highest BCUT2D eigenvalue weighted by Gasteiger charge is 2.25. The number of benzene rings is 1. The molecule has 0 saturated carbocycles. The fourth-order valence-corrected chi connectivity index (χ4v) is 4.39. The lowest BCUT2D eigenvalue weighted by Gasteiger charge is -2.20. The van der Waals surface area contributed by atoms with Gasteiger partial charge in [0.05, 0.1) is 28.2 Å². The van der Waals surface area contributed by atoms with Crippen molar-refractivity contribution in [1.82, 2.24) is 24.8 Å². The molecule has 1 aromatic carbocycles. The normalized spacial score (nSPS) is 11.3. The van der Waals surface area contributed by atoms with Crippen molar-refractivity contribution in [2.24, 2.45) is 0 Å². The minimum absolute atomic E-state index is 0.188. The first kappa shape index (κ1) is 21.1. The monoisotopic (exact) mass is 458 g/mol. The van der Waals surface area contributed by atoms with Gasteiger partial charge in [-0.25, -0.2) is 15.0 Å². The van der Waals surface area contributed by atoms with E-state index in [1.54, 1.807) is 6.20 Å². The number of imidazole rings is 1. The number of nitrogens with zero attached hydrogens (tertiary/aromatic N) is 4. The molecule has 0 aliphatic carbocycles. The van der Waals surface area contributed by atoms with E-state index in [1.165, 1.54) is 19.5 Å². The topological polar surface area (TPSA) is 108 Å². The fourth-order valence-electron chi connectivity index (χ4n) is 3.68. The van der Waals surface area contributed by atoms with E-state index in [1.807, 2.05) is 24.5 Å². The summed E-state index contributed by atoms with van der Waals surface area (Å²) in [5.41, 5.74) is 9.84. The lowest BCUT2D eigenvalue weighted by molar-refractivity contribution is 0.0955. The summed E-state index contributed by atoms with van der Waals surface area (Å²) in [7, 11) is 1.48. The van der Waals surface area contributed by atoms with Gasteiger partial charge in [-0.2, -0.15) is 0 Å². The van der Waals surface area contributed by atoms with Gasteiger partial charge >= 0.3 is 0 Å². The molecule has 0 bridgehead atoms. The quantitative estimate of drug-likeness (QED) is 0.461. The van der Waals surface area contributed by atoms with Crippen molar-refractivity contribution in [2.75, 3.05) is 19.4 Å². The maximum atomic E-state index is 12.6. The van der Waals surface area contributed by atoms with E-state index in [2.05, 4.69) is 20.3 Å². The Morgan fingerprint density at radius 2 is 1.97 bits per heavy atom. The number of amides is 1. The third-order valence-corrected chi connectivity index (χ3v) is 5.86. The average molecular weight is 459 g/mol. The van der Waals surface area contributed by atoms with E-state index < -0.39 is 0 Å². The van der Waals surface area contributed by atoms with E-state index in [0.717, 1.165) is 10.9 Å². The molecule has 3 aromatic heterocycles. The molecule has 0 spiro atoms. The van der Waals surface area contributed by atoms with Gasteiger partial charge in [-0.1, -0.05) is 23.2 Å². The van der Waals surface area contributed by atoms with Gasteiger partial charge in [0, 0.05) is 35.8 Å². The molecule has 4 rings (SSSR count). The van der Waals surface area contributed by atoms with Crippen molar-refractivity contribution in [3.05, 3.63) is 40.3 Å². The van der Waals surface area contributed by atoms with E-state index >= 15 is 0 Å². The highest BCUT2D eigenvalue weighted by Crippen LogP contribution is 2.45. The number of carbonyl (C=O) groups is 1. The number of hydrogen-bond donors (Lipinski definition) is 2. The van der Waals surface area contributed by atoms with Gasteiger partial charge in [-0.15, -0.1) is 0 Å². The van der Waals surface area contributed by atoms with Crippen molar-refractivity contribution in [3.63, 3.8) is 0 Å². The second-order valence-corrected chi connectivity index (χ2v) is 7.54. The summed E-state index contributed by atoms with van der Waals surface area (Å²) < 4.78 is 7.32.